The highest BCUT2D eigenvalue weighted by atomic mass is 35.5. The number of nitrogens with one attached hydrogen (secondary N) is 1. The summed E-state index contributed by atoms with van der Waals surface area (Å²) in [6.07, 6.45) is 1.88. The third-order valence-electron chi connectivity index (χ3n) is 3.37. The largest absolute Gasteiger partial charge is 0.309 e. The number of aryl methyl sites for hydroxylation is 1. The van der Waals surface area contributed by atoms with E-state index < -0.39 is 11.6 Å². The fraction of sp³-hybridized carbons (Fsp3) is 0.400. The topological polar surface area (TPSA) is 29.9 Å². The first-order valence-corrected chi connectivity index (χ1v) is 7.33. The zero-order chi connectivity index (χ0) is 15.4. The van der Waals surface area contributed by atoms with Crippen LogP contribution in [0.15, 0.2) is 24.4 Å². The Balaban J connectivity index is 2.35. The van der Waals surface area contributed by atoms with Gasteiger partial charge >= 0.3 is 0 Å². The molecule has 21 heavy (non-hydrogen) atoms. The average Bonchev–Trinajstić information content (AvgIpc) is 2.84. The molecule has 0 saturated heterocycles. The van der Waals surface area contributed by atoms with Gasteiger partial charge in [0.15, 0.2) is 11.6 Å². The summed E-state index contributed by atoms with van der Waals surface area (Å²) in [7, 11) is 0. The normalized spacial score (nSPS) is 12.6. The second-order valence-corrected chi connectivity index (χ2v) is 5.13. The molecule has 0 spiro atoms. The van der Waals surface area contributed by atoms with E-state index in [0.29, 0.717) is 30.1 Å². The zero-order valence-corrected chi connectivity index (χ0v) is 12.8. The summed E-state index contributed by atoms with van der Waals surface area (Å²) in [5.74, 6) is -1.64. The highest BCUT2D eigenvalue weighted by molar-refractivity contribution is 6.31. The minimum Gasteiger partial charge on any atom is -0.309 e. The molecule has 1 heterocycles. The van der Waals surface area contributed by atoms with Crippen LogP contribution in [0.4, 0.5) is 8.78 Å². The van der Waals surface area contributed by atoms with Crippen molar-refractivity contribution in [3.05, 3.63) is 52.3 Å². The third-order valence-corrected chi connectivity index (χ3v) is 3.66. The fourth-order valence-corrected chi connectivity index (χ4v) is 2.68. The Morgan fingerprint density at radius 3 is 2.76 bits per heavy atom. The molecular formula is C15H18ClF2N3. The molecule has 2 aromatic rings. The summed E-state index contributed by atoms with van der Waals surface area (Å²) >= 11 is 6.20. The van der Waals surface area contributed by atoms with Gasteiger partial charge in [0.25, 0.3) is 0 Å². The molecule has 0 fully saturated rings. The smallest absolute Gasteiger partial charge is 0.162 e. The van der Waals surface area contributed by atoms with E-state index in [0.717, 1.165) is 11.8 Å². The van der Waals surface area contributed by atoms with Crippen LogP contribution >= 0.6 is 11.6 Å². The van der Waals surface area contributed by atoms with Gasteiger partial charge in [0.1, 0.15) is 0 Å². The number of halogens is 3. The third kappa shape index (κ3) is 3.41. The lowest BCUT2D eigenvalue weighted by atomic mass is 10.0. The van der Waals surface area contributed by atoms with E-state index in [1.165, 1.54) is 6.07 Å². The summed E-state index contributed by atoms with van der Waals surface area (Å²) in [5.41, 5.74) is 1.12. The Hall–Kier alpha value is -1.46. The van der Waals surface area contributed by atoms with E-state index in [-0.39, 0.29) is 6.04 Å². The molecule has 0 aliphatic rings. The van der Waals surface area contributed by atoms with Gasteiger partial charge in [0.05, 0.1) is 23.0 Å². The SMILES string of the molecule is CCNC(Cc1cccc(F)c1F)c1c(Cl)cnn1CC. The second kappa shape index (κ2) is 7.00. The maximum absolute atomic E-state index is 13.9. The minimum absolute atomic E-state index is 0.221. The lowest BCUT2D eigenvalue weighted by molar-refractivity contribution is 0.463. The number of nitrogens with zero attached hydrogens (tertiary/aromatic N) is 2. The molecule has 114 valence electrons. The molecule has 0 saturated carbocycles. The van der Waals surface area contributed by atoms with Crippen LogP contribution in [0, 0.1) is 11.6 Å². The summed E-state index contributed by atoms with van der Waals surface area (Å²) < 4.78 is 29.0. The number of benzene rings is 1. The summed E-state index contributed by atoms with van der Waals surface area (Å²) in [4.78, 5) is 0. The summed E-state index contributed by atoms with van der Waals surface area (Å²) in [5, 5.41) is 7.98. The van der Waals surface area contributed by atoms with Gasteiger partial charge in [-0.2, -0.15) is 5.10 Å². The maximum Gasteiger partial charge on any atom is 0.162 e. The van der Waals surface area contributed by atoms with Crippen LogP contribution in [0.25, 0.3) is 0 Å². The van der Waals surface area contributed by atoms with Crippen LogP contribution < -0.4 is 5.32 Å². The van der Waals surface area contributed by atoms with E-state index in [1.54, 1.807) is 16.9 Å². The minimum atomic E-state index is -0.835. The van der Waals surface area contributed by atoms with Crippen LogP contribution in [0.1, 0.15) is 31.1 Å². The van der Waals surface area contributed by atoms with E-state index >= 15 is 0 Å². The van der Waals surface area contributed by atoms with Gasteiger partial charge in [-0.05, 0) is 31.5 Å². The van der Waals surface area contributed by atoms with E-state index in [9.17, 15) is 8.78 Å². The van der Waals surface area contributed by atoms with E-state index in [2.05, 4.69) is 10.4 Å². The van der Waals surface area contributed by atoms with Crippen molar-refractivity contribution in [3.8, 4) is 0 Å². The van der Waals surface area contributed by atoms with Crippen molar-refractivity contribution in [1.82, 2.24) is 15.1 Å². The first-order chi connectivity index (χ1) is 10.1. The lowest BCUT2D eigenvalue weighted by Crippen LogP contribution is -2.26. The Morgan fingerprint density at radius 2 is 2.10 bits per heavy atom. The van der Waals surface area contributed by atoms with Crippen molar-refractivity contribution < 1.29 is 8.78 Å². The van der Waals surface area contributed by atoms with Crippen LogP contribution in [0.3, 0.4) is 0 Å². The molecule has 0 bridgehead atoms. The highest BCUT2D eigenvalue weighted by Crippen LogP contribution is 2.27. The molecule has 2 rings (SSSR count). The lowest BCUT2D eigenvalue weighted by Gasteiger charge is -2.20. The average molecular weight is 314 g/mol. The van der Waals surface area contributed by atoms with Crippen molar-refractivity contribution in [1.29, 1.82) is 0 Å². The number of likely N-dealkylation sites (N-methyl/N-ethyl adjacent to an activating group) is 1. The van der Waals surface area contributed by atoms with E-state index in [4.69, 9.17) is 11.6 Å². The van der Waals surface area contributed by atoms with Crippen LogP contribution in [0.5, 0.6) is 0 Å². The van der Waals surface area contributed by atoms with Crippen molar-refractivity contribution >= 4 is 11.6 Å². The summed E-state index contributed by atoms with van der Waals surface area (Å²) in [6.45, 7) is 5.26. The first-order valence-electron chi connectivity index (χ1n) is 6.95. The van der Waals surface area contributed by atoms with Crippen molar-refractivity contribution in [2.24, 2.45) is 0 Å². The molecule has 1 unspecified atom stereocenters. The molecule has 1 atom stereocenters. The fourth-order valence-electron chi connectivity index (χ4n) is 2.41. The molecular weight excluding hydrogens is 296 g/mol. The van der Waals surface area contributed by atoms with Gasteiger partial charge in [0, 0.05) is 6.54 Å². The van der Waals surface area contributed by atoms with Crippen LogP contribution in [0.2, 0.25) is 5.02 Å². The summed E-state index contributed by atoms with van der Waals surface area (Å²) in [6, 6.07) is 3.99. The maximum atomic E-state index is 13.9. The predicted molar refractivity (Wildman–Crippen MR) is 79.4 cm³/mol. The number of aromatic nitrogens is 2. The predicted octanol–water partition coefficient (Wildman–Crippen LogP) is 3.73. The van der Waals surface area contributed by atoms with Gasteiger partial charge in [0.2, 0.25) is 0 Å². The van der Waals surface area contributed by atoms with Crippen molar-refractivity contribution in [2.75, 3.05) is 6.54 Å². The molecule has 3 nitrogen and oxygen atoms in total. The Kier molecular flexibility index (Phi) is 5.31. The molecule has 1 aromatic heterocycles. The Bertz CT molecular complexity index is 613. The van der Waals surface area contributed by atoms with E-state index in [1.807, 2.05) is 13.8 Å². The van der Waals surface area contributed by atoms with Crippen LogP contribution in [-0.2, 0) is 13.0 Å². The van der Waals surface area contributed by atoms with Gasteiger partial charge < -0.3 is 5.32 Å². The van der Waals surface area contributed by atoms with Gasteiger partial charge in [-0.3, -0.25) is 4.68 Å². The molecule has 0 radical (unpaired) electrons. The van der Waals surface area contributed by atoms with Gasteiger partial charge in [-0.15, -0.1) is 0 Å². The Labute approximate surface area is 127 Å². The number of hydrogen-bond acceptors (Lipinski definition) is 2. The molecule has 1 N–H and O–H groups in total. The zero-order valence-electron chi connectivity index (χ0n) is 12.0. The number of hydrogen-bond donors (Lipinski definition) is 1. The quantitative estimate of drug-likeness (QED) is 0.880. The monoisotopic (exact) mass is 313 g/mol. The first kappa shape index (κ1) is 15.9. The van der Waals surface area contributed by atoms with Crippen molar-refractivity contribution in [3.63, 3.8) is 0 Å². The highest BCUT2D eigenvalue weighted by Gasteiger charge is 2.21. The molecule has 0 aliphatic carbocycles. The van der Waals surface area contributed by atoms with Gasteiger partial charge in [-0.25, -0.2) is 8.78 Å². The van der Waals surface area contributed by atoms with Crippen molar-refractivity contribution in [2.45, 2.75) is 32.9 Å². The second-order valence-electron chi connectivity index (χ2n) is 4.72. The molecule has 0 amide bonds. The standard InChI is InChI=1S/C15H18ClF2N3/c1-3-19-13(15-11(16)9-20-21(15)4-2)8-10-6-5-7-12(17)14(10)18/h5-7,9,13,19H,3-4,8H2,1-2H3. The van der Waals surface area contributed by atoms with Gasteiger partial charge in [-0.1, -0.05) is 30.7 Å². The molecule has 6 heteroatoms. The molecule has 0 aliphatic heterocycles. The van der Waals surface area contributed by atoms with Crippen LogP contribution in [-0.4, -0.2) is 16.3 Å². The number of rotatable bonds is 6. The Morgan fingerprint density at radius 1 is 1.33 bits per heavy atom. The molecule has 1 aromatic carbocycles.